The number of carbonyl (C=O) groups is 1. The first-order valence-electron chi connectivity index (χ1n) is 9.61. The molecule has 2 bridgehead atoms. The third-order valence-electron chi connectivity index (χ3n) is 5.77. The van der Waals surface area contributed by atoms with Crippen molar-refractivity contribution in [3.63, 3.8) is 0 Å². The molecule has 0 aliphatic carbocycles. The van der Waals surface area contributed by atoms with Gasteiger partial charge in [-0.25, -0.2) is 4.98 Å². The Morgan fingerprint density at radius 2 is 2.26 bits per heavy atom. The molecular formula is C20H27N5OS. The van der Waals surface area contributed by atoms with E-state index in [4.69, 9.17) is 4.98 Å². The number of hydrogen-bond donors (Lipinski definition) is 0. The molecule has 1 amide bonds. The van der Waals surface area contributed by atoms with Gasteiger partial charge in [0.25, 0.3) is 0 Å². The second kappa shape index (κ2) is 7.20. The zero-order chi connectivity index (χ0) is 19.1. The Morgan fingerprint density at radius 1 is 1.44 bits per heavy atom. The van der Waals surface area contributed by atoms with E-state index in [-0.39, 0.29) is 5.91 Å². The van der Waals surface area contributed by atoms with E-state index < -0.39 is 0 Å². The fourth-order valence-corrected chi connectivity index (χ4v) is 5.63. The van der Waals surface area contributed by atoms with E-state index >= 15 is 0 Å². The molecule has 1 fully saturated rings. The first kappa shape index (κ1) is 18.4. The lowest BCUT2D eigenvalue weighted by atomic mass is 10.1. The lowest BCUT2D eigenvalue weighted by molar-refractivity contribution is -0.118. The summed E-state index contributed by atoms with van der Waals surface area (Å²) >= 11 is 1.69. The van der Waals surface area contributed by atoms with Gasteiger partial charge in [-0.2, -0.15) is 5.10 Å². The lowest BCUT2D eigenvalue weighted by Crippen LogP contribution is -2.33. The molecule has 0 N–H and O–H groups in total. The van der Waals surface area contributed by atoms with Gasteiger partial charge in [0.05, 0.1) is 11.4 Å². The van der Waals surface area contributed by atoms with E-state index in [9.17, 15) is 4.79 Å². The van der Waals surface area contributed by atoms with Crippen molar-refractivity contribution < 1.29 is 4.79 Å². The zero-order valence-electron chi connectivity index (χ0n) is 16.3. The molecule has 7 heteroatoms. The van der Waals surface area contributed by atoms with Gasteiger partial charge in [-0.1, -0.05) is 17.4 Å². The van der Waals surface area contributed by atoms with Gasteiger partial charge in [-0.15, -0.1) is 6.58 Å². The van der Waals surface area contributed by atoms with E-state index in [0.29, 0.717) is 31.6 Å². The molecule has 2 atom stereocenters. The number of hydrogen-bond acceptors (Lipinski definition) is 5. The average Bonchev–Trinajstić information content (AvgIpc) is 3.26. The quantitative estimate of drug-likeness (QED) is 0.716. The molecule has 144 valence electrons. The third kappa shape index (κ3) is 3.34. The predicted octanol–water partition coefficient (Wildman–Crippen LogP) is 3.26. The van der Waals surface area contributed by atoms with E-state index in [2.05, 4.69) is 23.6 Å². The molecule has 0 saturated carbocycles. The second-order valence-corrected chi connectivity index (χ2v) is 8.63. The number of aryl methyl sites for hydroxylation is 3. The van der Waals surface area contributed by atoms with Crippen molar-refractivity contribution in [2.75, 3.05) is 18.5 Å². The molecule has 0 radical (unpaired) electrons. The number of carbonyl (C=O) groups excluding carboxylic acids is 1. The molecule has 4 heterocycles. The van der Waals surface area contributed by atoms with E-state index in [1.807, 2.05) is 24.6 Å². The first-order valence-corrected chi connectivity index (χ1v) is 10.4. The van der Waals surface area contributed by atoms with Crippen molar-refractivity contribution in [3.05, 3.63) is 40.7 Å². The number of aromatic nitrogens is 3. The van der Waals surface area contributed by atoms with E-state index in [0.717, 1.165) is 22.9 Å². The minimum atomic E-state index is 0.0760. The Labute approximate surface area is 164 Å². The molecule has 2 unspecified atom stereocenters. The highest BCUT2D eigenvalue weighted by Gasteiger charge is 2.40. The van der Waals surface area contributed by atoms with Crippen molar-refractivity contribution in [1.82, 2.24) is 19.7 Å². The first-order chi connectivity index (χ1) is 13.0. The highest BCUT2D eigenvalue weighted by Crippen LogP contribution is 2.46. The minimum Gasteiger partial charge on any atom is -0.295 e. The maximum Gasteiger partial charge on any atom is 0.230 e. The van der Waals surface area contributed by atoms with Crippen LogP contribution in [0.2, 0.25) is 0 Å². The van der Waals surface area contributed by atoms with Gasteiger partial charge in [-0.05, 0) is 39.8 Å². The van der Waals surface area contributed by atoms with Crippen LogP contribution in [-0.4, -0.2) is 45.2 Å². The summed E-state index contributed by atoms with van der Waals surface area (Å²) in [6.45, 7) is 8.91. The molecule has 0 aromatic carbocycles. The summed E-state index contributed by atoms with van der Waals surface area (Å²) in [6.07, 6.45) is 5.63. The summed E-state index contributed by atoms with van der Waals surface area (Å²) < 4.78 is 1.90. The molecule has 2 aromatic rings. The van der Waals surface area contributed by atoms with Gasteiger partial charge >= 0.3 is 0 Å². The molecule has 2 aliphatic heterocycles. The largest absolute Gasteiger partial charge is 0.295 e. The molecule has 2 aliphatic rings. The average molecular weight is 386 g/mol. The molecule has 6 nitrogen and oxygen atoms in total. The fraction of sp³-hybridized carbons (Fsp3) is 0.550. The molecular weight excluding hydrogens is 358 g/mol. The highest BCUT2D eigenvalue weighted by molar-refractivity contribution is 7.16. The normalized spacial score (nSPS) is 21.3. The minimum absolute atomic E-state index is 0.0760. The summed E-state index contributed by atoms with van der Waals surface area (Å²) in [4.78, 5) is 23.4. The van der Waals surface area contributed by atoms with Crippen LogP contribution in [0.3, 0.4) is 0 Å². The van der Waals surface area contributed by atoms with Crippen molar-refractivity contribution in [2.45, 2.75) is 58.2 Å². The second-order valence-electron chi connectivity index (χ2n) is 7.62. The van der Waals surface area contributed by atoms with Gasteiger partial charge in [-0.3, -0.25) is 19.3 Å². The Bertz CT molecular complexity index is 870. The number of anilines is 1. The van der Waals surface area contributed by atoms with Crippen molar-refractivity contribution in [1.29, 1.82) is 0 Å². The summed E-state index contributed by atoms with van der Waals surface area (Å²) in [6, 6.07) is 3.11. The summed E-state index contributed by atoms with van der Waals surface area (Å²) in [5.74, 6) is 0.0760. The van der Waals surface area contributed by atoms with Crippen LogP contribution in [0.1, 0.15) is 47.3 Å². The predicted molar refractivity (Wildman–Crippen MR) is 108 cm³/mol. The SMILES string of the molecule is C=CCN(C(=O)CCn1nc(C)cc1C)c1nc2c(s1)C1CCC(C2)N1C. The van der Waals surface area contributed by atoms with Gasteiger partial charge in [0.1, 0.15) is 0 Å². The van der Waals surface area contributed by atoms with Crippen LogP contribution in [-0.2, 0) is 17.8 Å². The van der Waals surface area contributed by atoms with Gasteiger partial charge in [0.15, 0.2) is 5.13 Å². The van der Waals surface area contributed by atoms with Crippen LogP contribution in [0.15, 0.2) is 18.7 Å². The van der Waals surface area contributed by atoms with Gasteiger partial charge in [0.2, 0.25) is 5.91 Å². The topological polar surface area (TPSA) is 54.3 Å². The monoisotopic (exact) mass is 385 g/mol. The number of thiazole rings is 1. The molecule has 4 rings (SSSR count). The van der Waals surface area contributed by atoms with Crippen LogP contribution in [0.25, 0.3) is 0 Å². The zero-order valence-corrected chi connectivity index (χ0v) is 17.1. The Balaban J connectivity index is 1.52. The maximum absolute atomic E-state index is 13.0. The lowest BCUT2D eigenvalue weighted by Gasteiger charge is -2.29. The van der Waals surface area contributed by atoms with Crippen molar-refractivity contribution in [2.24, 2.45) is 0 Å². The van der Waals surface area contributed by atoms with Crippen molar-refractivity contribution in [3.8, 4) is 0 Å². The van der Waals surface area contributed by atoms with Crippen LogP contribution in [0.4, 0.5) is 5.13 Å². The van der Waals surface area contributed by atoms with Gasteiger partial charge in [0, 0.05) is 48.6 Å². The number of rotatable bonds is 6. The summed E-state index contributed by atoms with van der Waals surface area (Å²) in [5.41, 5.74) is 3.26. The van der Waals surface area contributed by atoms with Crippen LogP contribution < -0.4 is 4.90 Å². The smallest absolute Gasteiger partial charge is 0.230 e. The maximum atomic E-state index is 13.0. The number of fused-ring (bicyclic) bond motifs is 4. The number of amides is 1. The standard InChI is InChI=1S/C20H27N5OS/c1-5-9-24(18(26)8-10-25-14(3)11-13(2)22-25)20-21-16-12-15-6-7-17(23(15)4)19(16)27-20/h5,11,15,17H,1,6-10,12H2,2-4H3. The van der Waals surface area contributed by atoms with Crippen LogP contribution >= 0.6 is 11.3 Å². The van der Waals surface area contributed by atoms with E-state index in [1.54, 1.807) is 22.3 Å². The fourth-order valence-electron chi connectivity index (χ4n) is 4.32. The summed E-state index contributed by atoms with van der Waals surface area (Å²) in [7, 11) is 2.21. The Morgan fingerprint density at radius 3 is 2.96 bits per heavy atom. The highest BCUT2D eigenvalue weighted by atomic mass is 32.1. The number of nitrogens with zero attached hydrogens (tertiary/aromatic N) is 5. The van der Waals surface area contributed by atoms with Gasteiger partial charge < -0.3 is 0 Å². The summed E-state index contributed by atoms with van der Waals surface area (Å²) in [5, 5.41) is 5.27. The molecule has 2 aromatic heterocycles. The van der Waals surface area contributed by atoms with E-state index in [1.165, 1.54) is 23.4 Å². The molecule has 0 spiro atoms. The Hall–Kier alpha value is -1.99. The van der Waals surface area contributed by atoms with Crippen LogP contribution in [0.5, 0.6) is 0 Å². The van der Waals surface area contributed by atoms with Crippen molar-refractivity contribution >= 4 is 22.4 Å². The number of likely N-dealkylation sites (N-methyl/N-ethyl adjacent to an activating group) is 1. The Kier molecular flexibility index (Phi) is 4.90. The molecule has 27 heavy (non-hydrogen) atoms. The third-order valence-corrected chi connectivity index (χ3v) is 7.00. The molecule has 1 saturated heterocycles. The van der Waals surface area contributed by atoms with Crippen LogP contribution in [0, 0.1) is 13.8 Å².